The van der Waals surface area contributed by atoms with Gasteiger partial charge in [0.15, 0.2) is 0 Å². The second-order valence-electron chi connectivity index (χ2n) is 3.60. The molecule has 1 unspecified atom stereocenters. The van der Waals surface area contributed by atoms with Crippen LogP contribution in [0.3, 0.4) is 0 Å². The van der Waals surface area contributed by atoms with Crippen molar-refractivity contribution in [3.63, 3.8) is 0 Å². The van der Waals surface area contributed by atoms with E-state index in [1.807, 2.05) is 0 Å². The van der Waals surface area contributed by atoms with Crippen LogP contribution in [-0.4, -0.2) is 10.1 Å². The topological polar surface area (TPSA) is 33.1 Å². The lowest BCUT2D eigenvalue weighted by Crippen LogP contribution is -2.04. The Morgan fingerprint density at radius 1 is 1.22 bits per heavy atom. The van der Waals surface area contributed by atoms with Crippen LogP contribution in [0.2, 0.25) is 5.02 Å². The van der Waals surface area contributed by atoms with Crippen molar-refractivity contribution >= 4 is 27.5 Å². The van der Waals surface area contributed by atoms with E-state index in [1.165, 1.54) is 12.3 Å². The van der Waals surface area contributed by atoms with Gasteiger partial charge in [0.2, 0.25) is 0 Å². The smallest absolute Gasteiger partial charge is 0.129 e. The highest BCUT2D eigenvalue weighted by Crippen LogP contribution is 2.31. The summed E-state index contributed by atoms with van der Waals surface area (Å²) in [5, 5.41) is 10.2. The first-order valence-corrected chi connectivity index (χ1v) is 6.10. The number of hydrogen-bond donors (Lipinski definition) is 1. The summed E-state index contributed by atoms with van der Waals surface area (Å²) in [5.74, 6) is -1.33. The van der Waals surface area contributed by atoms with Crippen molar-refractivity contribution in [1.82, 2.24) is 4.98 Å². The summed E-state index contributed by atoms with van der Waals surface area (Å²) < 4.78 is 27.1. The Morgan fingerprint density at radius 2 is 1.94 bits per heavy atom. The molecule has 1 heterocycles. The maximum absolute atomic E-state index is 13.5. The van der Waals surface area contributed by atoms with Crippen molar-refractivity contribution in [2.75, 3.05) is 0 Å². The molecule has 1 N–H and O–H groups in total. The zero-order valence-electron chi connectivity index (χ0n) is 8.87. The molecule has 0 aliphatic heterocycles. The highest BCUT2D eigenvalue weighted by molar-refractivity contribution is 9.10. The minimum Gasteiger partial charge on any atom is -0.383 e. The first-order valence-electron chi connectivity index (χ1n) is 4.93. The van der Waals surface area contributed by atoms with E-state index in [2.05, 4.69) is 20.9 Å². The van der Waals surface area contributed by atoms with E-state index in [0.29, 0.717) is 4.60 Å². The highest BCUT2D eigenvalue weighted by Gasteiger charge is 2.19. The van der Waals surface area contributed by atoms with Crippen LogP contribution in [0, 0.1) is 11.6 Å². The van der Waals surface area contributed by atoms with E-state index in [1.54, 1.807) is 0 Å². The first-order chi connectivity index (χ1) is 8.49. The van der Waals surface area contributed by atoms with E-state index >= 15 is 0 Å². The van der Waals surface area contributed by atoms with E-state index in [4.69, 9.17) is 11.6 Å². The fraction of sp³-hybridized carbons (Fsp3) is 0.0833. The Morgan fingerprint density at radius 3 is 2.67 bits per heavy atom. The van der Waals surface area contributed by atoms with Gasteiger partial charge in [-0.3, -0.25) is 0 Å². The summed E-state index contributed by atoms with van der Waals surface area (Å²) in [7, 11) is 0. The standard InChI is InChI=1S/C12H7BrClF2NO/c13-11-4-7(9(14)5-17-11)12(18)8-3-6(15)1-2-10(8)16/h1-5,12,18H. The summed E-state index contributed by atoms with van der Waals surface area (Å²) in [6.07, 6.45) is -0.0333. The van der Waals surface area contributed by atoms with Crippen molar-refractivity contribution in [1.29, 1.82) is 0 Å². The number of aliphatic hydroxyl groups is 1. The summed E-state index contributed by atoms with van der Waals surface area (Å²) in [5.41, 5.74) is 0.0815. The van der Waals surface area contributed by atoms with Crippen LogP contribution in [0.1, 0.15) is 17.2 Å². The molecule has 94 valence electrons. The van der Waals surface area contributed by atoms with Gasteiger partial charge in [-0.25, -0.2) is 13.8 Å². The SMILES string of the molecule is OC(c1cc(F)ccc1F)c1cc(Br)ncc1Cl. The van der Waals surface area contributed by atoms with Crippen molar-refractivity contribution in [2.45, 2.75) is 6.10 Å². The molecule has 2 rings (SSSR count). The number of aromatic nitrogens is 1. The lowest BCUT2D eigenvalue weighted by molar-refractivity contribution is 0.214. The minimum atomic E-state index is -1.35. The van der Waals surface area contributed by atoms with Gasteiger partial charge in [-0.15, -0.1) is 0 Å². The van der Waals surface area contributed by atoms with Gasteiger partial charge in [-0.05, 0) is 40.2 Å². The fourth-order valence-corrected chi connectivity index (χ4v) is 2.08. The van der Waals surface area contributed by atoms with Gasteiger partial charge in [0.05, 0.1) is 5.02 Å². The fourth-order valence-electron chi connectivity index (χ4n) is 1.53. The number of pyridine rings is 1. The number of nitrogens with zero attached hydrogens (tertiary/aromatic N) is 1. The lowest BCUT2D eigenvalue weighted by atomic mass is 10.0. The molecule has 0 bridgehead atoms. The molecule has 0 saturated heterocycles. The molecular formula is C12H7BrClF2NO. The largest absolute Gasteiger partial charge is 0.383 e. The molecule has 0 radical (unpaired) electrons. The third-order valence-electron chi connectivity index (χ3n) is 2.40. The van der Waals surface area contributed by atoms with Gasteiger partial charge in [-0.2, -0.15) is 0 Å². The Labute approximate surface area is 115 Å². The molecule has 1 atom stereocenters. The summed E-state index contributed by atoms with van der Waals surface area (Å²) in [6, 6.07) is 4.33. The Hall–Kier alpha value is -1.04. The second kappa shape index (κ2) is 5.30. The van der Waals surface area contributed by atoms with Gasteiger partial charge < -0.3 is 5.11 Å². The van der Waals surface area contributed by atoms with Crippen molar-refractivity contribution in [3.05, 3.63) is 62.8 Å². The molecule has 2 aromatic rings. The van der Waals surface area contributed by atoms with Crippen molar-refractivity contribution < 1.29 is 13.9 Å². The first kappa shape index (κ1) is 13.4. The van der Waals surface area contributed by atoms with Crippen molar-refractivity contribution in [3.8, 4) is 0 Å². The van der Waals surface area contributed by atoms with Gasteiger partial charge in [0.1, 0.15) is 22.3 Å². The summed E-state index contributed by atoms with van der Waals surface area (Å²) >= 11 is 9.00. The maximum atomic E-state index is 13.5. The Bertz CT molecular complexity index is 543. The summed E-state index contributed by atoms with van der Waals surface area (Å²) in [4.78, 5) is 3.86. The number of hydrogen-bond acceptors (Lipinski definition) is 2. The zero-order valence-corrected chi connectivity index (χ0v) is 11.2. The van der Waals surface area contributed by atoms with E-state index < -0.39 is 17.7 Å². The average Bonchev–Trinajstić information content (AvgIpc) is 2.34. The van der Waals surface area contributed by atoms with Crippen LogP contribution in [0.15, 0.2) is 35.1 Å². The lowest BCUT2D eigenvalue weighted by Gasteiger charge is -2.14. The Balaban J connectivity index is 2.50. The molecule has 0 saturated carbocycles. The quantitative estimate of drug-likeness (QED) is 0.846. The molecule has 0 fully saturated rings. The molecule has 2 nitrogen and oxygen atoms in total. The van der Waals surface area contributed by atoms with Gasteiger partial charge in [-0.1, -0.05) is 11.6 Å². The van der Waals surface area contributed by atoms with E-state index in [-0.39, 0.29) is 16.1 Å². The van der Waals surface area contributed by atoms with Gasteiger partial charge >= 0.3 is 0 Å². The van der Waals surface area contributed by atoms with Crippen LogP contribution >= 0.6 is 27.5 Å². The third kappa shape index (κ3) is 2.68. The van der Waals surface area contributed by atoms with Crippen LogP contribution in [0.4, 0.5) is 8.78 Å². The second-order valence-corrected chi connectivity index (χ2v) is 4.82. The molecule has 0 spiro atoms. The van der Waals surface area contributed by atoms with Crippen molar-refractivity contribution in [2.24, 2.45) is 0 Å². The van der Waals surface area contributed by atoms with Gasteiger partial charge in [0, 0.05) is 17.3 Å². The average molecular weight is 335 g/mol. The van der Waals surface area contributed by atoms with Crippen LogP contribution < -0.4 is 0 Å². The molecule has 1 aromatic carbocycles. The monoisotopic (exact) mass is 333 g/mol. The number of aliphatic hydroxyl groups excluding tert-OH is 1. The molecule has 18 heavy (non-hydrogen) atoms. The number of rotatable bonds is 2. The normalized spacial score (nSPS) is 12.5. The highest BCUT2D eigenvalue weighted by atomic mass is 79.9. The summed E-state index contributed by atoms with van der Waals surface area (Å²) in [6.45, 7) is 0. The van der Waals surface area contributed by atoms with Crippen LogP contribution in [-0.2, 0) is 0 Å². The molecule has 0 aliphatic carbocycles. The number of benzene rings is 1. The molecular weight excluding hydrogens is 327 g/mol. The molecule has 6 heteroatoms. The third-order valence-corrected chi connectivity index (χ3v) is 3.15. The van der Waals surface area contributed by atoms with Gasteiger partial charge in [0.25, 0.3) is 0 Å². The van der Waals surface area contributed by atoms with Crippen LogP contribution in [0.25, 0.3) is 0 Å². The van der Waals surface area contributed by atoms with E-state index in [9.17, 15) is 13.9 Å². The Kier molecular flexibility index (Phi) is 3.94. The molecule has 0 amide bonds. The maximum Gasteiger partial charge on any atom is 0.129 e. The number of halogens is 4. The van der Waals surface area contributed by atoms with E-state index in [0.717, 1.165) is 18.2 Å². The molecule has 0 aliphatic rings. The predicted octanol–water partition coefficient (Wildman–Crippen LogP) is 3.86. The minimum absolute atomic E-state index is 0.171. The van der Waals surface area contributed by atoms with Crippen LogP contribution in [0.5, 0.6) is 0 Å². The molecule has 1 aromatic heterocycles. The predicted molar refractivity (Wildman–Crippen MR) is 67.4 cm³/mol. The zero-order chi connectivity index (χ0) is 13.3.